The predicted molar refractivity (Wildman–Crippen MR) is 102 cm³/mol. The molecule has 2 nitrogen and oxygen atoms in total. The number of hydrogen-bond donors (Lipinski definition) is 0. The van der Waals surface area contributed by atoms with Crippen LogP contribution in [0.1, 0.15) is 37.7 Å². The van der Waals surface area contributed by atoms with Gasteiger partial charge in [0.15, 0.2) is 0 Å². The molecule has 0 aromatic heterocycles. The molecule has 2 saturated heterocycles. The van der Waals surface area contributed by atoms with Crippen molar-refractivity contribution in [3.8, 4) is 0 Å². The Morgan fingerprint density at radius 3 is 2.61 bits per heavy atom. The summed E-state index contributed by atoms with van der Waals surface area (Å²) in [7, 11) is 0.500. The van der Waals surface area contributed by atoms with Gasteiger partial charge >= 0.3 is 0 Å². The number of nitrogens with zero attached hydrogens (tertiary/aromatic N) is 1. The molecule has 126 valence electrons. The third-order valence-electron chi connectivity index (χ3n) is 5.17. The monoisotopic (exact) mass is 429 g/mol. The number of Topliss-reactive ketones (excluding diaryl/α,β-unsaturated/α-hetero) is 1. The summed E-state index contributed by atoms with van der Waals surface area (Å²) in [6.07, 6.45) is 5.76. The largest absolute Gasteiger partial charge is 0.300 e. The average molecular weight is 429 g/mol. The summed E-state index contributed by atoms with van der Waals surface area (Å²) in [4.78, 5) is 14.9. The van der Waals surface area contributed by atoms with Crippen molar-refractivity contribution in [3.05, 3.63) is 46.1 Å². The van der Waals surface area contributed by atoms with E-state index in [-0.39, 0.29) is 5.92 Å². The quantitative estimate of drug-likeness (QED) is 0.645. The molecule has 1 aromatic carbocycles. The SMILES string of the molecule is CC(=O)[C@@H]1C(c2ccccc2)CC2CCC1N2C/C=C/I.CF. The van der Waals surface area contributed by atoms with Crippen molar-refractivity contribution >= 4 is 28.4 Å². The van der Waals surface area contributed by atoms with Crippen LogP contribution in [-0.4, -0.2) is 36.5 Å². The molecule has 3 unspecified atom stereocenters. The van der Waals surface area contributed by atoms with Gasteiger partial charge in [-0.15, -0.1) is 0 Å². The zero-order valence-corrected chi connectivity index (χ0v) is 15.9. The lowest BCUT2D eigenvalue weighted by atomic mass is 9.74. The number of alkyl halides is 1. The summed E-state index contributed by atoms with van der Waals surface area (Å²) in [5.74, 6) is 0.924. The van der Waals surface area contributed by atoms with Gasteiger partial charge in [0.05, 0.1) is 7.18 Å². The molecule has 0 spiro atoms. The summed E-state index contributed by atoms with van der Waals surface area (Å²) >= 11 is 2.28. The molecule has 0 radical (unpaired) electrons. The Bertz CT molecular complexity index is 533. The van der Waals surface area contributed by atoms with Crippen LogP contribution >= 0.6 is 22.6 Å². The molecule has 23 heavy (non-hydrogen) atoms. The predicted octanol–water partition coefficient (Wildman–Crippen LogP) is 4.75. The number of fused-ring (bicyclic) bond motifs is 2. The highest BCUT2D eigenvalue weighted by molar-refractivity contribution is 14.1. The van der Waals surface area contributed by atoms with Crippen LogP contribution in [0.15, 0.2) is 40.5 Å². The molecule has 0 aliphatic carbocycles. The number of carbonyl (C=O) groups is 1. The molecule has 2 heterocycles. The smallest absolute Gasteiger partial charge is 0.135 e. The minimum atomic E-state index is 0.161. The van der Waals surface area contributed by atoms with E-state index in [9.17, 15) is 9.18 Å². The summed E-state index contributed by atoms with van der Waals surface area (Å²) < 4.78 is 11.6. The first kappa shape index (κ1) is 18.6. The van der Waals surface area contributed by atoms with Gasteiger partial charge in [-0.05, 0) is 41.8 Å². The van der Waals surface area contributed by atoms with Crippen LogP contribution in [0.2, 0.25) is 0 Å². The number of rotatable bonds is 4. The maximum Gasteiger partial charge on any atom is 0.135 e. The molecule has 2 aliphatic rings. The molecule has 0 saturated carbocycles. The molecule has 0 N–H and O–H groups in total. The number of piperidine rings is 1. The molecular weight excluding hydrogens is 404 g/mol. The van der Waals surface area contributed by atoms with Crippen molar-refractivity contribution in [2.45, 2.75) is 44.2 Å². The molecule has 3 rings (SSSR count). The second-order valence-corrected chi connectivity index (χ2v) is 6.97. The molecule has 0 amide bonds. The standard InChI is InChI=1S/C18H22INO.CH3F/c1-13(21)18-16(14-6-3-2-4-7-14)12-15-8-9-17(18)20(15)11-5-10-19;1-2/h2-7,10,15-18H,8-9,11-12H2,1H3;1H3/b10-5+;/t15?,16?,17?,18-;/m1./s1. The Morgan fingerprint density at radius 2 is 2.00 bits per heavy atom. The zero-order valence-electron chi connectivity index (χ0n) is 13.8. The Labute approximate surface area is 152 Å². The lowest BCUT2D eigenvalue weighted by Gasteiger charge is -2.43. The van der Waals surface area contributed by atoms with E-state index in [1.807, 2.05) is 0 Å². The molecule has 2 bridgehead atoms. The van der Waals surface area contributed by atoms with Crippen LogP contribution in [-0.2, 0) is 4.79 Å². The fourth-order valence-electron chi connectivity index (χ4n) is 4.36. The van der Waals surface area contributed by atoms with Crippen LogP contribution in [0.4, 0.5) is 4.39 Å². The molecule has 4 atom stereocenters. The highest BCUT2D eigenvalue weighted by atomic mass is 127. The maximum absolute atomic E-state index is 12.3. The van der Waals surface area contributed by atoms with E-state index in [1.54, 1.807) is 6.92 Å². The van der Waals surface area contributed by atoms with Crippen molar-refractivity contribution in [2.24, 2.45) is 5.92 Å². The van der Waals surface area contributed by atoms with Gasteiger partial charge in [-0.3, -0.25) is 14.1 Å². The third-order valence-corrected chi connectivity index (χ3v) is 5.68. The summed E-state index contributed by atoms with van der Waals surface area (Å²) in [5, 5.41) is 0. The topological polar surface area (TPSA) is 20.3 Å². The van der Waals surface area contributed by atoms with Crippen molar-refractivity contribution in [1.82, 2.24) is 4.90 Å². The second kappa shape index (κ2) is 8.92. The lowest BCUT2D eigenvalue weighted by molar-refractivity contribution is -0.125. The summed E-state index contributed by atoms with van der Waals surface area (Å²) in [5.41, 5.74) is 1.35. The van der Waals surface area contributed by atoms with Crippen LogP contribution in [0.25, 0.3) is 0 Å². The molecule has 4 heteroatoms. The van der Waals surface area contributed by atoms with Gasteiger partial charge in [0.1, 0.15) is 5.78 Å². The van der Waals surface area contributed by atoms with E-state index in [4.69, 9.17) is 0 Å². The van der Waals surface area contributed by atoms with Gasteiger partial charge in [-0.25, -0.2) is 0 Å². The Morgan fingerprint density at radius 1 is 1.30 bits per heavy atom. The molecule has 2 fully saturated rings. The fraction of sp³-hybridized carbons (Fsp3) is 0.526. The highest BCUT2D eigenvalue weighted by Gasteiger charge is 2.48. The van der Waals surface area contributed by atoms with Crippen LogP contribution in [0.5, 0.6) is 0 Å². The highest BCUT2D eigenvalue weighted by Crippen LogP contribution is 2.47. The fourth-order valence-corrected chi connectivity index (χ4v) is 4.58. The van der Waals surface area contributed by atoms with E-state index in [2.05, 4.69) is 68.0 Å². The van der Waals surface area contributed by atoms with Crippen LogP contribution in [0, 0.1) is 5.92 Å². The van der Waals surface area contributed by atoms with Gasteiger partial charge in [0, 0.05) is 24.5 Å². The summed E-state index contributed by atoms with van der Waals surface area (Å²) in [6, 6.07) is 11.7. The Kier molecular flexibility index (Phi) is 7.21. The van der Waals surface area contributed by atoms with Gasteiger partial charge in [0.2, 0.25) is 0 Å². The van der Waals surface area contributed by atoms with Crippen molar-refractivity contribution in [3.63, 3.8) is 0 Å². The Balaban J connectivity index is 0.000000924. The number of halogens is 2. The maximum atomic E-state index is 12.3. The van der Waals surface area contributed by atoms with E-state index in [0.717, 1.165) is 13.0 Å². The van der Waals surface area contributed by atoms with Gasteiger partial charge in [-0.1, -0.05) is 59.0 Å². The van der Waals surface area contributed by atoms with E-state index in [0.29, 0.717) is 31.0 Å². The normalized spacial score (nSPS) is 30.1. The first-order chi connectivity index (χ1) is 11.2. The second-order valence-electron chi connectivity index (χ2n) is 6.25. The van der Waals surface area contributed by atoms with Gasteiger partial charge in [-0.2, -0.15) is 0 Å². The van der Waals surface area contributed by atoms with Crippen molar-refractivity contribution in [2.75, 3.05) is 13.7 Å². The Hall–Kier alpha value is -0.750. The number of carbonyl (C=O) groups excluding carboxylic acids is 1. The van der Waals surface area contributed by atoms with Gasteiger partial charge < -0.3 is 0 Å². The van der Waals surface area contributed by atoms with E-state index in [1.165, 1.54) is 18.4 Å². The first-order valence-electron chi connectivity index (χ1n) is 8.16. The lowest BCUT2D eigenvalue weighted by Crippen LogP contribution is -2.50. The van der Waals surface area contributed by atoms with E-state index < -0.39 is 0 Å². The molecule has 2 aliphatic heterocycles. The summed E-state index contributed by atoms with van der Waals surface area (Å²) in [6.45, 7) is 2.77. The van der Waals surface area contributed by atoms with Crippen molar-refractivity contribution < 1.29 is 9.18 Å². The van der Waals surface area contributed by atoms with Gasteiger partial charge in [0.25, 0.3) is 0 Å². The third kappa shape index (κ3) is 4.02. The number of ketones is 1. The molecule has 1 aromatic rings. The van der Waals surface area contributed by atoms with Crippen LogP contribution < -0.4 is 0 Å². The number of benzene rings is 1. The molecular formula is C19H25FINO. The van der Waals surface area contributed by atoms with Crippen LogP contribution in [0.3, 0.4) is 0 Å². The van der Waals surface area contributed by atoms with Crippen molar-refractivity contribution in [1.29, 1.82) is 0 Å². The average Bonchev–Trinajstić information content (AvgIpc) is 2.86. The minimum Gasteiger partial charge on any atom is -0.300 e. The van der Waals surface area contributed by atoms with E-state index >= 15 is 0 Å². The first-order valence-corrected chi connectivity index (χ1v) is 9.41. The number of hydrogen-bond acceptors (Lipinski definition) is 2. The minimum absolute atomic E-state index is 0.161. The zero-order chi connectivity index (χ0) is 16.8.